The summed E-state index contributed by atoms with van der Waals surface area (Å²) in [5.41, 5.74) is 0. The predicted octanol–water partition coefficient (Wildman–Crippen LogP) is 0.651. The van der Waals surface area contributed by atoms with Gasteiger partial charge in [-0.1, -0.05) is 23.7 Å². The molecule has 1 unspecified atom stereocenters. The van der Waals surface area contributed by atoms with Gasteiger partial charge >= 0.3 is 0 Å². The lowest BCUT2D eigenvalue weighted by Crippen LogP contribution is -2.50. The number of amides is 1. The number of nitrogens with one attached hydrogen (secondary N) is 1. The minimum absolute atomic E-state index is 0.0178. The fourth-order valence-electron chi connectivity index (χ4n) is 0.851. The minimum Gasteiger partial charge on any atom is -0.345 e. The van der Waals surface area contributed by atoms with E-state index in [1.54, 1.807) is 12.2 Å². The van der Waals surface area contributed by atoms with E-state index in [2.05, 4.69) is 29.0 Å². The van der Waals surface area contributed by atoms with Crippen molar-refractivity contribution in [3.05, 3.63) is 12.2 Å². The molecule has 1 N–H and O–H groups in total. The molecule has 1 heterocycles. The van der Waals surface area contributed by atoms with Crippen LogP contribution in [0.25, 0.3) is 0 Å². The summed E-state index contributed by atoms with van der Waals surface area (Å²) in [6.45, 7) is 0.304. The number of carbonyl (C=O) groups is 1. The fraction of sp³-hybridized carbons (Fsp3) is 0.364. The Bertz CT molecular complexity index is 360. The Morgan fingerprint density at radius 2 is 2.13 bits per heavy atom. The van der Waals surface area contributed by atoms with Crippen molar-refractivity contribution in [3.8, 4) is 23.7 Å². The van der Waals surface area contributed by atoms with E-state index in [1.807, 2.05) is 0 Å². The Labute approximate surface area is 93.8 Å². The van der Waals surface area contributed by atoms with Crippen LogP contribution in [0.1, 0.15) is 6.42 Å². The highest BCUT2D eigenvalue weighted by atomic mass is 35.5. The van der Waals surface area contributed by atoms with Gasteiger partial charge in [-0.05, 0) is 12.2 Å². The Hall–Kier alpha value is -1.42. The predicted molar refractivity (Wildman–Crippen MR) is 57.9 cm³/mol. The van der Waals surface area contributed by atoms with Crippen molar-refractivity contribution < 1.29 is 9.53 Å². The maximum Gasteiger partial charge on any atom is 0.226 e. The summed E-state index contributed by atoms with van der Waals surface area (Å²) in [5, 5.41) is 2.58. The van der Waals surface area contributed by atoms with Crippen molar-refractivity contribution >= 4 is 17.5 Å². The highest BCUT2D eigenvalue weighted by Gasteiger charge is 2.24. The van der Waals surface area contributed by atoms with Gasteiger partial charge in [0.25, 0.3) is 0 Å². The molecule has 1 rings (SSSR count). The fourth-order valence-corrected chi connectivity index (χ4v) is 0.928. The monoisotopic (exact) mass is 223 g/mol. The van der Waals surface area contributed by atoms with E-state index in [4.69, 9.17) is 16.3 Å². The first kappa shape index (κ1) is 11.7. The van der Waals surface area contributed by atoms with Crippen LogP contribution in [-0.2, 0) is 9.53 Å². The topological polar surface area (TPSA) is 38.3 Å². The molecule has 0 aromatic rings. The van der Waals surface area contributed by atoms with Crippen LogP contribution in [0.4, 0.5) is 0 Å². The number of carbonyl (C=O) groups excluding carboxylic acids is 1. The van der Waals surface area contributed by atoms with Gasteiger partial charge in [-0.2, -0.15) is 0 Å². The van der Waals surface area contributed by atoms with Gasteiger partial charge < -0.3 is 10.1 Å². The Kier molecular flexibility index (Phi) is 5.40. The van der Waals surface area contributed by atoms with Gasteiger partial charge in [0.2, 0.25) is 5.91 Å². The Morgan fingerprint density at radius 3 is 2.73 bits per heavy atom. The van der Waals surface area contributed by atoms with Gasteiger partial charge in [0.15, 0.2) is 0 Å². The van der Waals surface area contributed by atoms with Crippen LogP contribution >= 0.6 is 11.6 Å². The zero-order valence-electron chi connectivity index (χ0n) is 8.05. The second kappa shape index (κ2) is 6.95. The SMILES string of the molecule is O=C1CC(OCC#C/C=C\C#CCCl)N1. The third-order valence-electron chi connectivity index (χ3n) is 1.57. The molecule has 0 aromatic heterocycles. The van der Waals surface area contributed by atoms with Crippen molar-refractivity contribution in [1.29, 1.82) is 0 Å². The summed E-state index contributed by atoms with van der Waals surface area (Å²) >= 11 is 5.34. The van der Waals surface area contributed by atoms with Crippen LogP contribution in [0.2, 0.25) is 0 Å². The Balaban J connectivity index is 2.06. The number of halogens is 1. The van der Waals surface area contributed by atoms with Gasteiger partial charge in [0.1, 0.15) is 12.8 Å². The van der Waals surface area contributed by atoms with E-state index in [-0.39, 0.29) is 12.1 Å². The van der Waals surface area contributed by atoms with Crippen molar-refractivity contribution in [1.82, 2.24) is 5.32 Å². The number of hydrogen-bond acceptors (Lipinski definition) is 2. The second-order valence-corrected chi connectivity index (χ2v) is 2.95. The Morgan fingerprint density at radius 1 is 1.47 bits per heavy atom. The molecule has 4 heteroatoms. The van der Waals surface area contributed by atoms with Gasteiger partial charge in [-0.3, -0.25) is 4.79 Å². The van der Waals surface area contributed by atoms with Crippen molar-refractivity contribution in [2.45, 2.75) is 12.6 Å². The molecule has 0 bridgehead atoms. The molecule has 1 saturated heterocycles. The standard InChI is InChI=1S/C11H10ClNO2/c12-7-5-3-1-2-4-6-8-15-11-9-10(14)13-11/h1-2,11H,7-9H2,(H,13,14)/b2-1-. The smallest absolute Gasteiger partial charge is 0.226 e. The van der Waals surface area contributed by atoms with Crippen molar-refractivity contribution in [2.24, 2.45) is 0 Å². The van der Waals surface area contributed by atoms with Crippen molar-refractivity contribution in [3.63, 3.8) is 0 Å². The number of allylic oxidation sites excluding steroid dienone is 2. The molecule has 1 aliphatic rings. The number of alkyl halides is 1. The summed E-state index contributed by atoms with van der Waals surface area (Å²) in [7, 11) is 0. The van der Waals surface area contributed by atoms with Crippen LogP contribution in [0.15, 0.2) is 12.2 Å². The van der Waals surface area contributed by atoms with Crippen LogP contribution in [0, 0.1) is 23.7 Å². The van der Waals surface area contributed by atoms with Crippen LogP contribution < -0.4 is 5.32 Å². The van der Waals surface area contributed by atoms with Crippen LogP contribution in [-0.4, -0.2) is 24.6 Å². The molecule has 0 radical (unpaired) electrons. The van der Waals surface area contributed by atoms with E-state index in [0.29, 0.717) is 18.9 Å². The molecule has 0 aromatic carbocycles. The van der Waals surface area contributed by atoms with E-state index < -0.39 is 0 Å². The average molecular weight is 224 g/mol. The molecule has 1 fully saturated rings. The largest absolute Gasteiger partial charge is 0.345 e. The molecule has 0 saturated carbocycles. The molecule has 3 nitrogen and oxygen atoms in total. The number of ether oxygens (including phenoxy) is 1. The van der Waals surface area contributed by atoms with E-state index >= 15 is 0 Å². The number of rotatable bonds is 2. The quantitative estimate of drug-likeness (QED) is 0.424. The van der Waals surface area contributed by atoms with Crippen LogP contribution in [0.5, 0.6) is 0 Å². The van der Waals surface area contributed by atoms with Crippen LogP contribution in [0.3, 0.4) is 0 Å². The van der Waals surface area contributed by atoms with E-state index in [1.165, 1.54) is 0 Å². The molecule has 15 heavy (non-hydrogen) atoms. The maximum atomic E-state index is 10.5. The molecule has 1 atom stereocenters. The minimum atomic E-state index is -0.160. The highest BCUT2D eigenvalue weighted by molar-refractivity contribution is 6.19. The normalized spacial score (nSPS) is 18.2. The summed E-state index contributed by atoms with van der Waals surface area (Å²) in [6.07, 6.45) is 3.52. The molecule has 78 valence electrons. The van der Waals surface area contributed by atoms with E-state index in [9.17, 15) is 4.79 Å². The molecular formula is C11H10ClNO2. The molecule has 1 amide bonds. The second-order valence-electron chi connectivity index (χ2n) is 2.68. The molecular weight excluding hydrogens is 214 g/mol. The first-order chi connectivity index (χ1) is 7.33. The maximum absolute atomic E-state index is 10.5. The summed E-state index contributed by atoms with van der Waals surface area (Å²) in [5.74, 6) is 11.2. The zero-order chi connectivity index (χ0) is 10.9. The van der Waals surface area contributed by atoms with Gasteiger partial charge in [-0.15, -0.1) is 11.6 Å². The number of hydrogen-bond donors (Lipinski definition) is 1. The van der Waals surface area contributed by atoms with Gasteiger partial charge in [-0.25, -0.2) is 0 Å². The lowest BCUT2D eigenvalue weighted by molar-refractivity contribution is -0.139. The first-order valence-corrected chi connectivity index (χ1v) is 4.95. The lowest BCUT2D eigenvalue weighted by Gasteiger charge is -2.25. The first-order valence-electron chi connectivity index (χ1n) is 4.41. The summed E-state index contributed by atoms with van der Waals surface area (Å²) in [6, 6.07) is 0. The molecule has 0 aliphatic carbocycles. The lowest BCUT2D eigenvalue weighted by atomic mass is 10.2. The van der Waals surface area contributed by atoms with Crippen molar-refractivity contribution in [2.75, 3.05) is 12.5 Å². The molecule has 1 aliphatic heterocycles. The summed E-state index contributed by atoms with van der Waals surface area (Å²) in [4.78, 5) is 10.5. The van der Waals surface area contributed by atoms with E-state index in [0.717, 1.165) is 0 Å². The van der Waals surface area contributed by atoms with Gasteiger partial charge in [0.05, 0.1) is 12.3 Å². The third kappa shape index (κ3) is 5.12. The third-order valence-corrected chi connectivity index (χ3v) is 1.70. The molecule has 0 spiro atoms. The zero-order valence-corrected chi connectivity index (χ0v) is 8.80. The average Bonchev–Trinajstić information content (AvgIpc) is 2.19. The number of β-lactam (4-membered cyclic amide) rings is 1. The highest BCUT2D eigenvalue weighted by Crippen LogP contribution is 2.04. The van der Waals surface area contributed by atoms with Gasteiger partial charge in [0, 0.05) is 0 Å². The summed E-state index contributed by atoms with van der Waals surface area (Å²) < 4.78 is 5.18.